The summed E-state index contributed by atoms with van der Waals surface area (Å²) in [6.45, 7) is 56.2. The monoisotopic (exact) mass is 1260 g/mol. The first-order valence-electron chi connectivity index (χ1n) is 31.6. The zero-order valence-corrected chi connectivity index (χ0v) is 59.8. The standard InChI is InChI=1S/C84H96Br2/c1-48(2)73-49(3)33-54(44-72(73)84(22,23)24)50-27-31-66-68(40-50)74(64-29-25-52(42-70(64)76(66)85)56-36-60(80(10,11)12)46-61(37-56)81(13,14)15)75-65-30-26-53(57-38-62(82(16,17)18)47-63(39-57)83(19,20)21)43-71(65)77(86)67-32-28-51(41-69(67)75)55-34-58(78(4,5)6)45-59(35-55)79(7,8)9/h25-48H,1-24H3. The number of aryl methyl sites for hydroxylation is 1. The van der Waals surface area contributed by atoms with E-state index in [1.165, 1.54) is 149 Å². The lowest BCUT2D eigenvalue weighted by molar-refractivity contribution is 0.568. The van der Waals surface area contributed by atoms with Crippen molar-refractivity contribution in [2.24, 2.45) is 0 Å². The topological polar surface area (TPSA) is 0 Å². The molecule has 0 N–H and O–H groups in total. The van der Waals surface area contributed by atoms with Gasteiger partial charge in [0.2, 0.25) is 0 Å². The molecule has 86 heavy (non-hydrogen) atoms. The van der Waals surface area contributed by atoms with Crippen LogP contribution in [0.5, 0.6) is 0 Å². The van der Waals surface area contributed by atoms with Gasteiger partial charge in [0.05, 0.1) is 0 Å². The quantitative estimate of drug-likeness (QED) is 0.146. The summed E-state index contributed by atoms with van der Waals surface area (Å²) in [5.41, 5.74) is 24.4. The van der Waals surface area contributed by atoms with E-state index < -0.39 is 0 Å². The maximum atomic E-state index is 4.41. The van der Waals surface area contributed by atoms with Crippen LogP contribution in [0.4, 0.5) is 0 Å². The van der Waals surface area contributed by atoms with E-state index in [0.717, 1.165) is 8.95 Å². The van der Waals surface area contributed by atoms with E-state index in [1.54, 1.807) is 0 Å². The lowest BCUT2D eigenvalue weighted by atomic mass is 9.77. The van der Waals surface area contributed by atoms with Crippen molar-refractivity contribution in [1.82, 2.24) is 0 Å². The molecular formula is C84H96Br2. The summed E-state index contributed by atoms with van der Waals surface area (Å²) >= 11 is 8.82. The summed E-state index contributed by atoms with van der Waals surface area (Å²) in [6.07, 6.45) is 0. The molecule has 0 aliphatic heterocycles. The van der Waals surface area contributed by atoms with Crippen LogP contribution in [0.15, 0.2) is 148 Å². The number of fused-ring (bicyclic) bond motifs is 4. The molecule has 10 rings (SSSR count). The highest BCUT2D eigenvalue weighted by molar-refractivity contribution is 9.11. The van der Waals surface area contributed by atoms with Gasteiger partial charge in [-0.15, -0.1) is 0 Å². The Morgan fingerprint density at radius 3 is 0.767 bits per heavy atom. The van der Waals surface area contributed by atoms with Gasteiger partial charge in [-0.25, -0.2) is 0 Å². The maximum Gasteiger partial charge on any atom is 0.0332 e. The molecule has 2 heteroatoms. The minimum Gasteiger partial charge on any atom is -0.0587 e. The normalized spacial score (nSPS) is 13.3. The van der Waals surface area contributed by atoms with Crippen LogP contribution in [0.25, 0.3) is 98.7 Å². The van der Waals surface area contributed by atoms with E-state index in [-0.39, 0.29) is 37.9 Å². The van der Waals surface area contributed by atoms with Gasteiger partial charge in [0.1, 0.15) is 0 Å². The van der Waals surface area contributed by atoms with Crippen LogP contribution >= 0.6 is 31.9 Å². The van der Waals surface area contributed by atoms with E-state index in [1.807, 2.05) is 0 Å². The minimum atomic E-state index is -0.0372. The predicted octanol–water partition coefficient (Wildman–Crippen LogP) is 26.7. The van der Waals surface area contributed by atoms with Crippen LogP contribution in [0.1, 0.15) is 215 Å². The zero-order chi connectivity index (χ0) is 63.1. The number of rotatable bonds is 6. The molecule has 0 aliphatic rings. The number of benzene rings is 10. The molecule has 0 unspecified atom stereocenters. The fraction of sp³-hybridized carbons (Fsp3) is 0.381. The van der Waals surface area contributed by atoms with E-state index in [9.17, 15) is 0 Å². The Morgan fingerprint density at radius 1 is 0.256 bits per heavy atom. The van der Waals surface area contributed by atoms with Crippen LogP contribution in [-0.4, -0.2) is 0 Å². The smallest absolute Gasteiger partial charge is 0.0332 e. The van der Waals surface area contributed by atoms with E-state index in [0.29, 0.717) is 5.92 Å². The van der Waals surface area contributed by atoms with Gasteiger partial charge in [-0.05, 0) is 256 Å². The molecule has 0 heterocycles. The molecular weight excluding hydrogens is 1170 g/mol. The van der Waals surface area contributed by atoms with Crippen molar-refractivity contribution in [3.05, 3.63) is 199 Å². The number of halogens is 2. The molecule has 0 spiro atoms. The van der Waals surface area contributed by atoms with Gasteiger partial charge < -0.3 is 0 Å². The third-order valence-electron chi connectivity index (χ3n) is 18.5. The fourth-order valence-electron chi connectivity index (χ4n) is 12.9. The van der Waals surface area contributed by atoms with Crippen LogP contribution in [0.2, 0.25) is 0 Å². The molecule has 10 aromatic carbocycles. The average molecular weight is 1270 g/mol. The van der Waals surface area contributed by atoms with Crippen molar-refractivity contribution >= 4 is 74.9 Å². The maximum absolute atomic E-state index is 4.41. The molecule has 10 aromatic rings. The van der Waals surface area contributed by atoms with Gasteiger partial charge in [0.25, 0.3) is 0 Å². The highest BCUT2D eigenvalue weighted by Gasteiger charge is 2.29. The second-order valence-corrected chi connectivity index (χ2v) is 34.6. The molecule has 0 fully saturated rings. The number of hydrogen-bond acceptors (Lipinski definition) is 0. The van der Waals surface area contributed by atoms with Crippen molar-refractivity contribution in [3.63, 3.8) is 0 Å². The van der Waals surface area contributed by atoms with Gasteiger partial charge >= 0.3 is 0 Å². The second-order valence-electron chi connectivity index (χ2n) is 33.0. The van der Waals surface area contributed by atoms with Crippen LogP contribution in [0.3, 0.4) is 0 Å². The molecule has 0 atom stereocenters. The molecule has 0 saturated heterocycles. The van der Waals surface area contributed by atoms with Gasteiger partial charge in [-0.1, -0.05) is 275 Å². The third kappa shape index (κ3) is 12.1. The van der Waals surface area contributed by atoms with Crippen molar-refractivity contribution < 1.29 is 0 Å². The summed E-state index contributed by atoms with van der Waals surface area (Å²) in [4.78, 5) is 0. The largest absolute Gasteiger partial charge is 0.0587 e. The van der Waals surface area contributed by atoms with Gasteiger partial charge in [0.15, 0.2) is 0 Å². The molecule has 0 radical (unpaired) electrons. The Labute approximate surface area is 535 Å². The molecule has 0 bridgehead atoms. The summed E-state index contributed by atoms with van der Waals surface area (Å²) < 4.78 is 2.22. The Kier molecular flexibility index (Phi) is 16.0. The van der Waals surface area contributed by atoms with Gasteiger partial charge in [0, 0.05) is 8.95 Å². The molecule has 0 nitrogen and oxygen atoms in total. The third-order valence-corrected chi connectivity index (χ3v) is 20.2. The van der Waals surface area contributed by atoms with E-state index in [4.69, 9.17) is 0 Å². The van der Waals surface area contributed by atoms with Gasteiger partial charge in [-0.3, -0.25) is 0 Å². The Morgan fingerprint density at radius 2 is 0.512 bits per heavy atom. The van der Waals surface area contributed by atoms with Crippen molar-refractivity contribution in [2.45, 2.75) is 210 Å². The summed E-state index contributed by atoms with van der Waals surface area (Å²) in [7, 11) is 0. The van der Waals surface area contributed by atoms with Crippen LogP contribution in [-0.2, 0) is 37.9 Å². The van der Waals surface area contributed by atoms with E-state index in [2.05, 4.69) is 338 Å². The van der Waals surface area contributed by atoms with Crippen molar-refractivity contribution in [2.75, 3.05) is 0 Å². The fourth-order valence-corrected chi connectivity index (χ4v) is 14.3. The minimum absolute atomic E-state index is 0.0229. The highest BCUT2D eigenvalue weighted by Crippen LogP contribution is 2.52. The first-order valence-corrected chi connectivity index (χ1v) is 33.2. The molecule has 0 aromatic heterocycles. The molecule has 0 saturated carbocycles. The second kappa shape index (κ2) is 21.8. The summed E-state index contributed by atoms with van der Waals surface area (Å²) in [5.74, 6) is 0.410. The lowest BCUT2D eigenvalue weighted by Gasteiger charge is -2.28. The first-order chi connectivity index (χ1) is 39.6. The Hall–Kier alpha value is -5.80. The van der Waals surface area contributed by atoms with E-state index >= 15 is 0 Å². The molecule has 0 amide bonds. The van der Waals surface area contributed by atoms with Crippen molar-refractivity contribution in [3.8, 4) is 55.6 Å². The molecule has 446 valence electrons. The SMILES string of the molecule is Cc1cc(-c2ccc3c(Br)c4cc(-c5cc(C(C)(C)C)cc(C(C)(C)C)c5)ccc4c(-c4c5ccc(-c6cc(C(C)(C)C)cc(C(C)(C)C)c6)cc5c(Br)c5ccc(-c6cc(C(C)(C)C)cc(C(C)(C)C)c6)cc45)c3c2)cc(C(C)(C)C)c1C(C)C. The summed E-state index contributed by atoms with van der Waals surface area (Å²) in [5, 5.41) is 9.64. The number of hydrogen-bond donors (Lipinski definition) is 0. The van der Waals surface area contributed by atoms with Crippen molar-refractivity contribution in [1.29, 1.82) is 0 Å². The lowest BCUT2D eigenvalue weighted by Crippen LogP contribution is -2.16. The Bertz CT molecular complexity index is 4250. The van der Waals surface area contributed by atoms with Gasteiger partial charge in [-0.2, -0.15) is 0 Å². The van der Waals surface area contributed by atoms with Crippen LogP contribution in [0, 0.1) is 6.92 Å². The highest BCUT2D eigenvalue weighted by atomic mass is 79.9. The Balaban J connectivity index is 1.39. The van der Waals surface area contributed by atoms with Crippen LogP contribution < -0.4 is 0 Å². The zero-order valence-electron chi connectivity index (χ0n) is 56.6. The summed E-state index contributed by atoms with van der Waals surface area (Å²) in [6, 6.07) is 56.1. The molecule has 0 aliphatic carbocycles. The first kappa shape index (κ1) is 63.2. The average Bonchev–Trinajstić information content (AvgIpc) is 0.742. The predicted molar refractivity (Wildman–Crippen MR) is 389 cm³/mol.